The normalized spacial score (nSPS) is 14.2. The number of anilines is 1. The average Bonchev–Trinajstić information content (AvgIpc) is 2.82. The number of amidine groups is 2. The second kappa shape index (κ2) is 11.2. The highest BCUT2D eigenvalue weighted by Crippen LogP contribution is 2.27. The molecule has 3 rings (SSSR count). The zero-order valence-corrected chi connectivity index (χ0v) is 19.1. The van der Waals surface area contributed by atoms with Crippen molar-refractivity contribution in [3.8, 4) is 5.75 Å². The minimum atomic E-state index is -0.446. The van der Waals surface area contributed by atoms with Gasteiger partial charge in [-0.05, 0) is 36.8 Å². The number of methoxy groups -OCH3 is 1. The Bertz CT molecular complexity index is 1040. The summed E-state index contributed by atoms with van der Waals surface area (Å²) in [6.07, 6.45) is 5.50. The largest absolute Gasteiger partial charge is 0.489 e. The van der Waals surface area contributed by atoms with Gasteiger partial charge < -0.3 is 25.4 Å². The number of hydrogen-bond acceptors (Lipinski definition) is 6. The second-order valence-electron chi connectivity index (χ2n) is 7.91. The number of hydrogen-bond donors (Lipinski definition) is 4. The molecule has 2 aromatic rings. The topological polar surface area (TPSA) is 125 Å². The Labute approximate surface area is 194 Å². The third-order valence-electron chi connectivity index (χ3n) is 5.53. The number of benzene rings is 2. The smallest absolute Gasteiger partial charge is 0.341 e. The minimum absolute atomic E-state index is 0.00323. The number of likely N-dealkylation sites (tertiary alicyclic amines) is 1. The van der Waals surface area contributed by atoms with E-state index in [2.05, 4.69) is 5.32 Å². The molecule has 2 aromatic carbocycles. The molecule has 1 saturated heterocycles. The maximum absolute atomic E-state index is 12.4. The zero-order chi connectivity index (χ0) is 23.8. The third-order valence-corrected chi connectivity index (χ3v) is 5.53. The van der Waals surface area contributed by atoms with E-state index in [0.29, 0.717) is 29.3 Å². The van der Waals surface area contributed by atoms with Crippen LogP contribution in [0.3, 0.4) is 0 Å². The number of piperidine rings is 1. The van der Waals surface area contributed by atoms with Gasteiger partial charge in [-0.3, -0.25) is 10.8 Å². The summed E-state index contributed by atoms with van der Waals surface area (Å²) in [7, 11) is 1.36. The predicted octanol–water partition coefficient (Wildman–Crippen LogP) is 3.72. The number of nitrogens with one attached hydrogen (secondary N) is 3. The van der Waals surface area contributed by atoms with Gasteiger partial charge in [0.1, 0.15) is 23.3 Å². The number of carbonyl (C=O) groups excluding carboxylic acids is 1. The van der Waals surface area contributed by atoms with Crippen LogP contribution in [0.25, 0.3) is 6.08 Å². The molecule has 0 radical (unpaired) electrons. The lowest BCUT2D eigenvalue weighted by molar-refractivity contribution is 0.0589. The van der Waals surface area contributed by atoms with Crippen LogP contribution < -0.4 is 15.8 Å². The molecule has 174 valence electrons. The van der Waals surface area contributed by atoms with Crippen LogP contribution in [0.2, 0.25) is 0 Å². The summed E-state index contributed by atoms with van der Waals surface area (Å²) in [5.74, 6) is 0.670. The molecule has 33 heavy (non-hydrogen) atoms. The fourth-order valence-corrected chi connectivity index (χ4v) is 3.68. The molecule has 1 aliphatic rings. The van der Waals surface area contributed by atoms with Crippen molar-refractivity contribution in [3.63, 3.8) is 0 Å². The van der Waals surface area contributed by atoms with Crippen molar-refractivity contribution < 1.29 is 14.3 Å². The summed E-state index contributed by atoms with van der Waals surface area (Å²) in [5.41, 5.74) is 8.33. The van der Waals surface area contributed by atoms with Gasteiger partial charge >= 0.3 is 5.97 Å². The molecule has 1 heterocycles. The van der Waals surface area contributed by atoms with Crippen molar-refractivity contribution in [3.05, 3.63) is 65.2 Å². The van der Waals surface area contributed by atoms with E-state index in [0.717, 1.165) is 37.2 Å². The molecular formula is C25H31N5O3. The Balaban J connectivity index is 1.63. The molecule has 8 heteroatoms. The Kier molecular flexibility index (Phi) is 8.07. The van der Waals surface area contributed by atoms with Crippen molar-refractivity contribution in [2.45, 2.75) is 25.9 Å². The molecule has 0 spiro atoms. The molecule has 0 aromatic heterocycles. The lowest BCUT2D eigenvalue weighted by Gasteiger charge is -2.33. The number of esters is 1. The van der Waals surface area contributed by atoms with E-state index in [1.54, 1.807) is 25.1 Å². The Hall–Kier alpha value is -3.81. The van der Waals surface area contributed by atoms with Crippen LogP contribution in [0.4, 0.5) is 5.69 Å². The SMILES string of the molecule is COC(=O)c1cc(NCC=Cc2cccc(C(=N)N)c2)ccc1OC1CCN(C(C)=N)CC1. The van der Waals surface area contributed by atoms with E-state index in [1.165, 1.54) is 7.11 Å². The molecular weight excluding hydrogens is 418 g/mol. The van der Waals surface area contributed by atoms with Crippen LogP contribution in [-0.4, -0.2) is 55.4 Å². The van der Waals surface area contributed by atoms with E-state index in [4.69, 9.17) is 26.0 Å². The molecule has 0 aliphatic carbocycles. The third kappa shape index (κ3) is 6.58. The summed E-state index contributed by atoms with van der Waals surface area (Å²) in [6.45, 7) is 3.89. The molecule has 0 atom stereocenters. The number of ether oxygens (including phenoxy) is 2. The second-order valence-corrected chi connectivity index (χ2v) is 7.91. The number of rotatable bonds is 8. The highest BCUT2D eigenvalue weighted by Gasteiger charge is 2.23. The standard InChI is InChI=1S/C25H31N5O3/c1-17(26)30-13-10-21(11-14-30)33-23-9-8-20(16-22(23)25(31)32-2)29-12-4-6-18-5-3-7-19(15-18)24(27)28/h3-9,15-16,21,26,29H,10-14H2,1-2H3,(H3,27,28). The predicted molar refractivity (Wildman–Crippen MR) is 131 cm³/mol. The zero-order valence-electron chi connectivity index (χ0n) is 19.1. The lowest BCUT2D eigenvalue weighted by Crippen LogP contribution is -2.40. The molecule has 8 nitrogen and oxygen atoms in total. The number of carbonyl (C=O) groups is 1. The summed E-state index contributed by atoms with van der Waals surface area (Å²) in [5, 5.41) is 18.6. The van der Waals surface area contributed by atoms with Crippen molar-refractivity contribution >= 4 is 29.4 Å². The van der Waals surface area contributed by atoms with Crippen LogP contribution in [-0.2, 0) is 4.74 Å². The van der Waals surface area contributed by atoms with Gasteiger partial charge in [0.15, 0.2) is 0 Å². The quantitative estimate of drug-likeness (QED) is 0.277. The fraction of sp³-hybridized carbons (Fsp3) is 0.320. The fourth-order valence-electron chi connectivity index (χ4n) is 3.68. The van der Waals surface area contributed by atoms with Crippen LogP contribution in [0.15, 0.2) is 48.5 Å². The molecule has 0 saturated carbocycles. The van der Waals surface area contributed by atoms with Gasteiger partial charge in [-0.1, -0.05) is 30.4 Å². The van der Waals surface area contributed by atoms with E-state index in [9.17, 15) is 4.79 Å². The van der Waals surface area contributed by atoms with Crippen LogP contribution in [0.1, 0.15) is 41.3 Å². The van der Waals surface area contributed by atoms with Crippen molar-refractivity contribution in [1.82, 2.24) is 4.90 Å². The Morgan fingerprint density at radius 2 is 1.97 bits per heavy atom. The maximum atomic E-state index is 12.4. The van der Waals surface area contributed by atoms with Crippen molar-refractivity contribution in [2.24, 2.45) is 5.73 Å². The number of nitrogens with zero attached hydrogens (tertiary/aromatic N) is 1. The van der Waals surface area contributed by atoms with Gasteiger partial charge in [-0.15, -0.1) is 0 Å². The first-order chi connectivity index (χ1) is 15.9. The summed E-state index contributed by atoms with van der Waals surface area (Å²) in [6, 6.07) is 12.9. The van der Waals surface area contributed by atoms with Crippen molar-refractivity contribution in [1.29, 1.82) is 10.8 Å². The van der Waals surface area contributed by atoms with Crippen LogP contribution in [0, 0.1) is 10.8 Å². The molecule has 0 unspecified atom stereocenters. The first kappa shape index (κ1) is 23.8. The summed E-state index contributed by atoms with van der Waals surface area (Å²) in [4.78, 5) is 14.4. The molecule has 0 amide bonds. The molecule has 1 fully saturated rings. The average molecular weight is 450 g/mol. The first-order valence-corrected chi connectivity index (χ1v) is 10.9. The van der Waals surface area contributed by atoms with E-state index in [1.807, 2.05) is 41.3 Å². The van der Waals surface area contributed by atoms with Gasteiger partial charge in [0.25, 0.3) is 0 Å². The highest BCUT2D eigenvalue weighted by atomic mass is 16.5. The molecule has 5 N–H and O–H groups in total. The van der Waals surface area contributed by atoms with Gasteiger partial charge in [0, 0.05) is 43.7 Å². The number of nitrogens with two attached hydrogens (primary N) is 1. The minimum Gasteiger partial charge on any atom is -0.489 e. The van der Waals surface area contributed by atoms with Crippen LogP contribution in [0.5, 0.6) is 5.75 Å². The number of nitrogen functional groups attached to an aromatic ring is 1. The molecule has 1 aliphatic heterocycles. The molecule has 0 bridgehead atoms. The van der Waals surface area contributed by atoms with Gasteiger partial charge in [-0.2, -0.15) is 0 Å². The van der Waals surface area contributed by atoms with Crippen molar-refractivity contribution in [2.75, 3.05) is 32.1 Å². The van der Waals surface area contributed by atoms with Gasteiger partial charge in [0.2, 0.25) is 0 Å². The lowest BCUT2D eigenvalue weighted by atomic mass is 10.1. The summed E-state index contributed by atoms with van der Waals surface area (Å²) >= 11 is 0. The van der Waals surface area contributed by atoms with Gasteiger partial charge in [-0.25, -0.2) is 4.79 Å². The van der Waals surface area contributed by atoms with E-state index in [-0.39, 0.29) is 11.9 Å². The summed E-state index contributed by atoms with van der Waals surface area (Å²) < 4.78 is 11.1. The first-order valence-electron chi connectivity index (χ1n) is 10.9. The Morgan fingerprint density at radius 3 is 2.64 bits per heavy atom. The maximum Gasteiger partial charge on any atom is 0.341 e. The van der Waals surface area contributed by atoms with E-state index >= 15 is 0 Å². The van der Waals surface area contributed by atoms with Gasteiger partial charge in [0.05, 0.1) is 12.9 Å². The Morgan fingerprint density at radius 1 is 1.21 bits per heavy atom. The monoisotopic (exact) mass is 449 g/mol. The van der Waals surface area contributed by atoms with Crippen LogP contribution >= 0.6 is 0 Å². The van der Waals surface area contributed by atoms with E-state index < -0.39 is 5.97 Å². The highest BCUT2D eigenvalue weighted by molar-refractivity contribution is 5.95.